The molecular weight excluding hydrogens is 689 g/mol. The number of carbonyl (C=O) groups excluding carboxylic acids is 3. The Labute approximate surface area is 298 Å². The van der Waals surface area contributed by atoms with Crippen LogP contribution >= 0.6 is 0 Å². The Kier molecular flexibility index (Phi) is 17.0. The highest BCUT2D eigenvalue weighted by Crippen LogP contribution is 2.27. The van der Waals surface area contributed by atoms with E-state index in [2.05, 4.69) is 20.9 Å². The fraction of sp³-hybridized carbons (Fsp3) is 0.441. The van der Waals surface area contributed by atoms with Gasteiger partial charge in [0.1, 0.15) is 23.8 Å². The predicted octanol–water partition coefficient (Wildman–Crippen LogP) is 1.77. The molecule has 3 atom stereocenters. The number of hydrogen-bond donors (Lipinski definition) is 9. The van der Waals surface area contributed by atoms with Gasteiger partial charge < -0.3 is 43.4 Å². The van der Waals surface area contributed by atoms with Gasteiger partial charge >= 0.3 is 18.1 Å². The lowest BCUT2D eigenvalue weighted by Gasteiger charge is -2.32. The van der Waals surface area contributed by atoms with Crippen molar-refractivity contribution < 1.29 is 47.4 Å². The summed E-state index contributed by atoms with van der Waals surface area (Å²) in [4.78, 5) is 65.7. The number of aliphatic carboxylic acids is 2. The molecule has 3 rings (SSSR count). The van der Waals surface area contributed by atoms with E-state index in [9.17, 15) is 37.5 Å². The zero-order valence-electron chi connectivity index (χ0n) is 28.3. The Balaban J connectivity index is 0.00000121. The van der Waals surface area contributed by atoms with Crippen molar-refractivity contribution in [2.75, 3.05) is 6.54 Å². The van der Waals surface area contributed by atoms with Crippen LogP contribution in [0.25, 0.3) is 0 Å². The minimum Gasteiger partial charge on any atom is -0.480 e. The summed E-state index contributed by atoms with van der Waals surface area (Å²) in [6, 6.07) is 13.7. The average molecular weight is 735 g/mol. The Hall–Kier alpha value is -5.68. The first-order valence-electron chi connectivity index (χ1n) is 16.4. The summed E-state index contributed by atoms with van der Waals surface area (Å²) in [7, 11) is 0. The molecule has 1 unspecified atom stereocenters. The number of amides is 3. The fourth-order valence-corrected chi connectivity index (χ4v) is 5.41. The van der Waals surface area contributed by atoms with Crippen molar-refractivity contribution in [2.24, 2.45) is 34.0 Å². The van der Waals surface area contributed by atoms with Gasteiger partial charge in [-0.1, -0.05) is 73.9 Å². The lowest BCUT2D eigenvalue weighted by atomic mass is 9.83. The normalized spacial score (nSPS) is 14.6. The largest absolute Gasteiger partial charge is 0.490 e. The first-order valence-corrected chi connectivity index (χ1v) is 16.4. The van der Waals surface area contributed by atoms with Crippen molar-refractivity contribution in [3.63, 3.8) is 0 Å². The highest BCUT2D eigenvalue weighted by atomic mass is 19.4. The average Bonchev–Trinajstić information content (AvgIpc) is 3.10. The highest BCUT2D eigenvalue weighted by Gasteiger charge is 2.38. The summed E-state index contributed by atoms with van der Waals surface area (Å²) in [6.45, 7) is 0.414. The van der Waals surface area contributed by atoms with Crippen molar-refractivity contribution in [1.82, 2.24) is 16.0 Å². The van der Waals surface area contributed by atoms with E-state index in [1.165, 1.54) is 0 Å². The van der Waals surface area contributed by atoms with Crippen LogP contribution in [-0.2, 0) is 36.9 Å². The predicted molar refractivity (Wildman–Crippen MR) is 185 cm³/mol. The number of amidine groups is 1. The van der Waals surface area contributed by atoms with E-state index in [4.69, 9.17) is 32.5 Å². The van der Waals surface area contributed by atoms with Gasteiger partial charge in [0.25, 0.3) is 0 Å². The number of nitrogens with two attached hydrogens (primary N) is 3. The maximum Gasteiger partial charge on any atom is 0.490 e. The second-order valence-electron chi connectivity index (χ2n) is 12.1. The third kappa shape index (κ3) is 15.1. The third-order valence-corrected chi connectivity index (χ3v) is 8.15. The molecule has 1 saturated carbocycles. The van der Waals surface area contributed by atoms with Gasteiger partial charge in [0.2, 0.25) is 17.7 Å². The number of nitrogens with one attached hydrogen (secondary N) is 4. The number of carboxylic acid groups (broad SMARTS) is 2. The number of hydrogen-bond acceptors (Lipinski definition) is 7. The Morgan fingerprint density at radius 2 is 1.44 bits per heavy atom. The molecule has 0 bridgehead atoms. The lowest BCUT2D eigenvalue weighted by molar-refractivity contribution is -0.192. The zero-order valence-corrected chi connectivity index (χ0v) is 28.3. The molecule has 52 heavy (non-hydrogen) atoms. The van der Waals surface area contributed by atoms with Crippen LogP contribution < -0.4 is 33.2 Å². The summed E-state index contributed by atoms with van der Waals surface area (Å²) in [5.74, 6) is -7.36. The van der Waals surface area contributed by atoms with Gasteiger partial charge in [-0.25, -0.2) is 9.59 Å². The second-order valence-corrected chi connectivity index (χ2v) is 12.1. The van der Waals surface area contributed by atoms with E-state index < -0.39 is 53.8 Å². The summed E-state index contributed by atoms with van der Waals surface area (Å²) in [5, 5.41) is 32.8. The first-order chi connectivity index (χ1) is 24.5. The molecule has 1 aliphatic rings. The van der Waals surface area contributed by atoms with Gasteiger partial charge in [-0.2, -0.15) is 13.2 Å². The molecule has 15 nitrogen and oxygen atoms in total. The van der Waals surface area contributed by atoms with Crippen molar-refractivity contribution in [3.05, 3.63) is 71.3 Å². The van der Waals surface area contributed by atoms with Crippen LogP contribution in [0.2, 0.25) is 0 Å². The number of nitrogen functional groups attached to an aromatic ring is 1. The molecule has 0 aromatic heterocycles. The van der Waals surface area contributed by atoms with Crippen LogP contribution in [0.3, 0.4) is 0 Å². The third-order valence-electron chi connectivity index (χ3n) is 8.15. The molecule has 18 heteroatoms. The van der Waals surface area contributed by atoms with E-state index in [1.54, 1.807) is 24.3 Å². The molecule has 2 aromatic rings. The van der Waals surface area contributed by atoms with Crippen LogP contribution in [0, 0.1) is 17.2 Å². The maximum atomic E-state index is 13.9. The number of guanidine groups is 1. The second kappa shape index (κ2) is 20.9. The number of carbonyl (C=O) groups is 5. The van der Waals surface area contributed by atoms with E-state index in [1.807, 2.05) is 30.3 Å². The number of alkyl halides is 3. The molecule has 0 heterocycles. The molecule has 0 spiro atoms. The van der Waals surface area contributed by atoms with Crippen molar-refractivity contribution in [3.8, 4) is 0 Å². The van der Waals surface area contributed by atoms with Crippen molar-refractivity contribution in [1.29, 1.82) is 5.41 Å². The van der Waals surface area contributed by atoms with Crippen LogP contribution in [0.1, 0.15) is 61.6 Å². The van der Waals surface area contributed by atoms with Gasteiger partial charge in [0.05, 0.1) is 0 Å². The summed E-state index contributed by atoms with van der Waals surface area (Å²) in [6.07, 6.45) is -0.542. The minimum absolute atomic E-state index is 0.0339. The summed E-state index contributed by atoms with van der Waals surface area (Å²) < 4.78 is 31.7. The number of nitrogens with zero attached hydrogens (tertiary/aromatic N) is 1. The Morgan fingerprint density at radius 3 is 1.96 bits per heavy atom. The molecule has 284 valence electrons. The van der Waals surface area contributed by atoms with Crippen LogP contribution in [0.4, 0.5) is 13.2 Å². The standard InChI is InChI=1S/C32H44N8O5.C2HF3O2/c33-27(34)23-15-13-20(14-16-23)18-24(28(41)38-19-21-8-3-1-4-9-21)29(42)40-26(22-10-5-2-6-11-22)30(43)39-25(31(44)45)12-7-17-37-32(35)36;3-2(4,5)1(6)7/h1,3-4,8-9,13-16,22,24-26H,2,5-7,10-12,17-19H2,(H3,33,34)(H,38,41)(H,39,43)(H,40,42)(H,44,45)(H4,35,36,37);(H,6,7)/t24?,25-,26-;/m0./s1. The molecule has 0 saturated heterocycles. The van der Waals surface area contributed by atoms with E-state index in [0.29, 0.717) is 30.4 Å². The van der Waals surface area contributed by atoms with Crippen LogP contribution in [0.15, 0.2) is 59.6 Å². The number of rotatable bonds is 16. The Bertz CT molecular complexity index is 1550. The number of halogens is 3. The minimum atomic E-state index is -5.08. The lowest BCUT2D eigenvalue weighted by Crippen LogP contribution is -2.57. The van der Waals surface area contributed by atoms with Gasteiger partial charge in [-0.05, 0) is 49.1 Å². The smallest absolute Gasteiger partial charge is 0.480 e. The van der Waals surface area contributed by atoms with Crippen molar-refractivity contribution in [2.45, 2.75) is 76.2 Å². The van der Waals surface area contributed by atoms with E-state index in [0.717, 1.165) is 24.8 Å². The van der Waals surface area contributed by atoms with E-state index >= 15 is 0 Å². The molecule has 0 aliphatic heterocycles. The van der Waals surface area contributed by atoms with Crippen LogP contribution in [-0.4, -0.2) is 76.5 Å². The molecule has 2 aromatic carbocycles. The number of carboxylic acids is 2. The molecule has 12 N–H and O–H groups in total. The summed E-state index contributed by atoms with van der Waals surface area (Å²) >= 11 is 0. The fourth-order valence-electron chi connectivity index (χ4n) is 5.41. The molecule has 0 radical (unpaired) electrons. The van der Waals surface area contributed by atoms with Crippen molar-refractivity contribution >= 4 is 41.5 Å². The monoisotopic (exact) mass is 734 g/mol. The van der Waals surface area contributed by atoms with Gasteiger partial charge in [0.15, 0.2) is 5.96 Å². The quantitative estimate of drug-likeness (QED) is 0.0522. The van der Waals surface area contributed by atoms with Crippen LogP contribution in [0.5, 0.6) is 0 Å². The van der Waals surface area contributed by atoms with Gasteiger partial charge in [0, 0.05) is 18.7 Å². The first kappa shape index (κ1) is 42.5. The maximum absolute atomic E-state index is 13.9. The van der Waals surface area contributed by atoms with E-state index in [-0.39, 0.29) is 43.6 Å². The molecule has 1 aliphatic carbocycles. The number of benzene rings is 2. The molecule has 3 amide bonds. The highest BCUT2D eigenvalue weighted by molar-refractivity contribution is 6.02. The molecular formula is C34H45F3N8O7. The van der Waals surface area contributed by atoms with Gasteiger partial charge in [-0.3, -0.25) is 24.8 Å². The number of aliphatic imine (C=N–C) groups is 1. The molecule has 1 fully saturated rings. The Morgan fingerprint density at radius 1 is 0.846 bits per heavy atom. The van der Waals surface area contributed by atoms with Gasteiger partial charge in [-0.15, -0.1) is 0 Å². The zero-order chi connectivity index (χ0) is 38.8. The topological polar surface area (TPSA) is 276 Å². The SMILES string of the molecule is N=C(N)c1ccc(CC(C(=O)NCc2ccccc2)C(=O)N[C@H](C(=O)N[C@@H](CCCN=C(N)N)C(=O)O)C2CCCCC2)cc1.O=C(O)C(F)(F)F. The summed E-state index contributed by atoms with van der Waals surface area (Å²) in [5.41, 5.74) is 18.3.